The van der Waals surface area contributed by atoms with E-state index >= 15 is 0 Å². The summed E-state index contributed by atoms with van der Waals surface area (Å²) in [5.41, 5.74) is 0.683. The van der Waals surface area contributed by atoms with Crippen LogP contribution in [0.1, 0.15) is 13.8 Å². The second-order valence-electron chi connectivity index (χ2n) is 4.69. The quantitative estimate of drug-likeness (QED) is 0.751. The molecule has 0 bridgehead atoms. The highest BCUT2D eigenvalue weighted by atomic mass is 32.2. The molecule has 6 nitrogen and oxygen atoms in total. The van der Waals surface area contributed by atoms with E-state index in [-0.39, 0.29) is 5.91 Å². The number of imidazole rings is 1. The molecule has 23 heavy (non-hydrogen) atoms. The van der Waals surface area contributed by atoms with Gasteiger partial charge in [0, 0.05) is 31.2 Å². The second-order valence-corrected chi connectivity index (χ2v) is 5.63. The van der Waals surface area contributed by atoms with Crippen LogP contribution < -0.4 is 14.8 Å². The standard InChI is InChI=1S/C16H21N3O3S/c1-4-21-13-7-6-12(10-14(13)22-5-2)18-15(20)11-23-16-17-8-9-19(16)3/h6-10H,4-5,11H2,1-3H3,(H,18,20). The number of rotatable bonds is 8. The summed E-state index contributed by atoms with van der Waals surface area (Å²) < 4.78 is 12.9. The van der Waals surface area contributed by atoms with Gasteiger partial charge in [-0.25, -0.2) is 4.98 Å². The highest BCUT2D eigenvalue weighted by Gasteiger charge is 2.10. The Balaban J connectivity index is 1.97. The third-order valence-corrected chi connectivity index (χ3v) is 3.99. The Morgan fingerprint density at radius 3 is 2.65 bits per heavy atom. The Bertz CT molecular complexity index is 658. The lowest BCUT2D eigenvalue weighted by Gasteiger charge is -2.13. The molecule has 7 heteroatoms. The molecule has 1 aromatic heterocycles. The van der Waals surface area contributed by atoms with Gasteiger partial charge in [-0.15, -0.1) is 0 Å². The van der Waals surface area contributed by atoms with Crippen molar-refractivity contribution in [3.63, 3.8) is 0 Å². The zero-order valence-electron chi connectivity index (χ0n) is 13.5. The summed E-state index contributed by atoms with van der Waals surface area (Å²) in [6.07, 6.45) is 3.56. The maximum Gasteiger partial charge on any atom is 0.234 e. The molecular weight excluding hydrogens is 314 g/mol. The lowest BCUT2D eigenvalue weighted by atomic mass is 10.2. The van der Waals surface area contributed by atoms with Crippen molar-refractivity contribution in [2.75, 3.05) is 24.3 Å². The van der Waals surface area contributed by atoms with Crippen LogP contribution in [0.3, 0.4) is 0 Å². The fraction of sp³-hybridized carbons (Fsp3) is 0.375. The minimum absolute atomic E-state index is 0.0930. The Hall–Kier alpha value is -2.15. The number of anilines is 1. The van der Waals surface area contributed by atoms with Gasteiger partial charge in [0.05, 0.1) is 19.0 Å². The average Bonchev–Trinajstić information content (AvgIpc) is 2.93. The van der Waals surface area contributed by atoms with Crippen LogP contribution in [0.25, 0.3) is 0 Å². The summed E-state index contributed by atoms with van der Waals surface area (Å²) in [6, 6.07) is 5.38. The van der Waals surface area contributed by atoms with Gasteiger partial charge >= 0.3 is 0 Å². The van der Waals surface area contributed by atoms with Crippen molar-refractivity contribution in [2.24, 2.45) is 7.05 Å². The lowest BCUT2D eigenvalue weighted by molar-refractivity contribution is -0.113. The number of carbonyl (C=O) groups excluding carboxylic acids is 1. The van der Waals surface area contributed by atoms with E-state index in [0.29, 0.717) is 36.2 Å². The molecule has 2 aromatic rings. The first-order valence-electron chi connectivity index (χ1n) is 7.43. The van der Waals surface area contributed by atoms with Crippen LogP contribution in [0.2, 0.25) is 0 Å². The number of ether oxygens (including phenoxy) is 2. The van der Waals surface area contributed by atoms with Crippen molar-refractivity contribution in [3.8, 4) is 11.5 Å². The smallest absolute Gasteiger partial charge is 0.234 e. The van der Waals surface area contributed by atoms with E-state index in [9.17, 15) is 4.79 Å². The number of thioether (sulfide) groups is 1. The van der Waals surface area contributed by atoms with Crippen LogP contribution in [0.15, 0.2) is 35.7 Å². The van der Waals surface area contributed by atoms with Gasteiger partial charge in [0.2, 0.25) is 5.91 Å². The molecular formula is C16H21N3O3S. The third kappa shape index (κ3) is 4.92. The second kappa shape index (κ2) is 8.47. The number of aryl methyl sites for hydroxylation is 1. The molecule has 1 aromatic carbocycles. The molecule has 0 saturated heterocycles. The van der Waals surface area contributed by atoms with E-state index in [0.717, 1.165) is 5.16 Å². The minimum Gasteiger partial charge on any atom is -0.490 e. The molecule has 0 atom stereocenters. The Morgan fingerprint density at radius 2 is 2.00 bits per heavy atom. The SMILES string of the molecule is CCOc1ccc(NC(=O)CSc2nccn2C)cc1OCC. The topological polar surface area (TPSA) is 65.4 Å². The van der Waals surface area contributed by atoms with Crippen LogP contribution in [-0.2, 0) is 11.8 Å². The molecule has 1 heterocycles. The van der Waals surface area contributed by atoms with Gasteiger partial charge in [-0.05, 0) is 26.0 Å². The Morgan fingerprint density at radius 1 is 1.26 bits per heavy atom. The molecule has 2 rings (SSSR count). The van der Waals surface area contributed by atoms with Crippen LogP contribution in [0, 0.1) is 0 Å². The highest BCUT2D eigenvalue weighted by molar-refractivity contribution is 7.99. The molecule has 0 aliphatic heterocycles. The first-order valence-corrected chi connectivity index (χ1v) is 8.42. The number of hydrogen-bond acceptors (Lipinski definition) is 5. The van der Waals surface area contributed by atoms with Gasteiger partial charge < -0.3 is 19.4 Å². The van der Waals surface area contributed by atoms with E-state index in [1.807, 2.05) is 31.7 Å². The Kier molecular flexibility index (Phi) is 6.34. The van der Waals surface area contributed by atoms with Gasteiger partial charge in [0.25, 0.3) is 0 Å². The predicted octanol–water partition coefficient (Wildman–Crippen LogP) is 2.95. The molecule has 1 N–H and O–H groups in total. The number of nitrogens with one attached hydrogen (secondary N) is 1. The van der Waals surface area contributed by atoms with E-state index < -0.39 is 0 Å². The minimum atomic E-state index is -0.0930. The highest BCUT2D eigenvalue weighted by Crippen LogP contribution is 2.30. The van der Waals surface area contributed by atoms with Crippen LogP contribution in [-0.4, -0.2) is 34.4 Å². The molecule has 0 fully saturated rings. The lowest BCUT2D eigenvalue weighted by Crippen LogP contribution is -2.14. The fourth-order valence-corrected chi connectivity index (χ4v) is 2.68. The summed E-state index contributed by atoms with van der Waals surface area (Å²) in [5, 5.41) is 3.67. The van der Waals surface area contributed by atoms with Crippen molar-refractivity contribution < 1.29 is 14.3 Å². The molecule has 0 aliphatic rings. The number of benzene rings is 1. The maximum absolute atomic E-state index is 12.1. The van der Waals surface area contributed by atoms with Crippen LogP contribution in [0.5, 0.6) is 11.5 Å². The van der Waals surface area contributed by atoms with E-state index in [2.05, 4.69) is 10.3 Å². The number of hydrogen-bond donors (Lipinski definition) is 1. The molecule has 1 amide bonds. The van der Waals surface area contributed by atoms with E-state index in [4.69, 9.17) is 9.47 Å². The Labute approximate surface area is 140 Å². The van der Waals surface area contributed by atoms with Gasteiger partial charge in [-0.2, -0.15) is 0 Å². The number of carbonyl (C=O) groups is 1. The number of amides is 1. The average molecular weight is 335 g/mol. The zero-order chi connectivity index (χ0) is 16.7. The van der Waals surface area contributed by atoms with Crippen molar-refractivity contribution in [1.82, 2.24) is 9.55 Å². The van der Waals surface area contributed by atoms with Crippen molar-refractivity contribution in [2.45, 2.75) is 19.0 Å². The maximum atomic E-state index is 12.1. The summed E-state index contributed by atoms with van der Waals surface area (Å²) in [5.74, 6) is 1.51. The molecule has 0 aliphatic carbocycles. The molecule has 0 saturated carbocycles. The van der Waals surface area contributed by atoms with Crippen molar-refractivity contribution in [1.29, 1.82) is 0 Å². The summed E-state index contributed by atoms with van der Waals surface area (Å²) in [7, 11) is 1.90. The zero-order valence-corrected chi connectivity index (χ0v) is 14.4. The summed E-state index contributed by atoms with van der Waals surface area (Å²) in [6.45, 7) is 4.92. The van der Waals surface area contributed by atoms with Gasteiger partial charge in [0.15, 0.2) is 16.7 Å². The molecule has 124 valence electrons. The van der Waals surface area contributed by atoms with E-state index in [1.54, 1.807) is 24.4 Å². The monoisotopic (exact) mass is 335 g/mol. The van der Waals surface area contributed by atoms with Gasteiger partial charge in [-0.1, -0.05) is 11.8 Å². The number of nitrogens with zero attached hydrogens (tertiary/aromatic N) is 2. The van der Waals surface area contributed by atoms with Crippen LogP contribution in [0.4, 0.5) is 5.69 Å². The molecule has 0 spiro atoms. The summed E-state index contributed by atoms with van der Waals surface area (Å²) in [4.78, 5) is 16.2. The van der Waals surface area contributed by atoms with Gasteiger partial charge in [-0.3, -0.25) is 4.79 Å². The summed E-state index contributed by atoms with van der Waals surface area (Å²) >= 11 is 1.39. The van der Waals surface area contributed by atoms with E-state index in [1.165, 1.54) is 11.8 Å². The van der Waals surface area contributed by atoms with Gasteiger partial charge in [0.1, 0.15) is 0 Å². The molecule has 0 radical (unpaired) electrons. The first kappa shape index (κ1) is 17.2. The molecule has 0 unspecified atom stereocenters. The largest absolute Gasteiger partial charge is 0.490 e. The number of aromatic nitrogens is 2. The third-order valence-electron chi connectivity index (χ3n) is 2.94. The van der Waals surface area contributed by atoms with Crippen LogP contribution >= 0.6 is 11.8 Å². The predicted molar refractivity (Wildman–Crippen MR) is 91.3 cm³/mol. The van der Waals surface area contributed by atoms with Crippen molar-refractivity contribution >= 4 is 23.4 Å². The fourth-order valence-electron chi connectivity index (χ4n) is 1.95. The van der Waals surface area contributed by atoms with Crippen molar-refractivity contribution in [3.05, 3.63) is 30.6 Å². The normalized spacial score (nSPS) is 10.4. The first-order chi connectivity index (χ1) is 11.1.